The molecule has 0 spiro atoms. The molecule has 0 saturated heterocycles. The van der Waals surface area contributed by atoms with E-state index in [1.807, 2.05) is 32.3 Å². The summed E-state index contributed by atoms with van der Waals surface area (Å²) >= 11 is 0. The van der Waals surface area contributed by atoms with Gasteiger partial charge in [0, 0.05) is 6.54 Å². The third kappa shape index (κ3) is 4.94. The number of carbonyl (C=O) groups excluding carboxylic acids is 1. The van der Waals surface area contributed by atoms with Crippen molar-refractivity contribution in [2.45, 2.75) is 18.9 Å². The summed E-state index contributed by atoms with van der Waals surface area (Å²) < 4.78 is 0. The van der Waals surface area contributed by atoms with E-state index in [0.29, 0.717) is 13.1 Å². The van der Waals surface area contributed by atoms with E-state index >= 15 is 0 Å². The Morgan fingerprint density at radius 1 is 1.30 bits per heavy atom. The number of hydrogen-bond acceptors (Lipinski definition) is 3. The number of nitrogens with zero attached hydrogens (tertiary/aromatic N) is 1. The van der Waals surface area contributed by atoms with Crippen LogP contribution < -0.4 is 10.6 Å². The predicted octanol–water partition coefficient (Wildman–Crippen LogP) is 1.41. The largest absolute Gasteiger partial charge is 0.353 e. The fourth-order valence-electron chi connectivity index (χ4n) is 2.26. The Hall–Kier alpha value is -1.39. The van der Waals surface area contributed by atoms with E-state index < -0.39 is 0 Å². The van der Waals surface area contributed by atoms with Crippen molar-refractivity contribution in [2.24, 2.45) is 5.92 Å². The van der Waals surface area contributed by atoms with E-state index in [1.54, 1.807) is 0 Å². The van der Waals surface area contributed by atoms with E-state index in [0.717, 1.165) is 12.5 Å². The zero-order chi connectivity index (χ0) is 14.4. The molecular weight excluding hydrogens is 250 g/mol. The van der Waals surface area contributed by atoms with Gasteiger partial charge in [0.05, 0.1) is 12.6 Å². The minimum Gasteiger partial charge on any atom is -0.353 e. The van der Waals surface area contributed by atoms with Crippen molar-refractivity contribution in [2.75, 3.05) is 33.7 Å². The second-order valence-electron chi connectivity index (χ2n) is 5.77. The van der Waals surface area contributed by atoms with Gasteiger partial charge in [-0.05, 0) is 45.0 Å². The molecule has 0 aromatic heterocycles. The lowest BCUT2D eigenvalue weighted by Crippen LogP contribution is -2.39. The van der Waals surface area contributed by atoms with Gasteiger partial charge in [-0.25, -0.2) is 0 Å². The number of rotatable bonds is 8. The van der Waals surface area contributed by atoms with Gasteiger partial charge < -0.3 is 15.5 Å². The van der Waals surface area contributed by atoms with Gasteiger partial charge in [0.25, 0.3) is 0 Å². The fraction of sp³-hybridized carbons (Fsp3) is 0.562. The molecule has 2 N–H and O–H groups in total. The highest BCUT2D eigenvalue weighted by Gasteiger charge is 2.20. The van der Waals surface area contributed by atoms with Crippen LogP contribution in [0.1, 0.15) is 24.4 Å². The van der Waals surface area contributed by atoms with Crippen molar-refractivity contribution in [1.29, 1.82) is 0 Å². The van der Waals surface area contributed by atoms with Gasteiger partial charge in [-0.2, -0.15) is 0 Å². The topological polar surface area (TPSA) is 44.4 Å². The predicted molar refractivity (Wildman–Crippen MR) is 81.5 cm³/mol. The minimum absolute atomic E-state index is 0.0773. The molecule has 0 heterocycles. The molecule has 1 aromatic carbocycles. The maximum absolute atomic E-state index is 11.8. The van der Waals surface area contributed by atoms with Crippen LogP contribution in [-0.2, 0) is 4.79 Å². The molecule has 20 heavy (non-hydrogen) atoms. The Bertz CT molecular complexity index is 415. The van der Waals surface area contributed by atoms with Crippen molar-refractivity contribution in [3.05, 3.63) is 35.9 Å². The highest BCUT2D eigenvalue weighted by atomic mass is 16.1. The first-order valence-corrected chi connectivity index (χ1v) is 7.35. The summed E-state index contributed by atoms with van der Waals surface area (Å²) in [6, 6.07) is 10.5. The fourth-order valence-corrected chi connectivity index (χ4v) is 2.26. The molecule has 1 saturated carbocycles. The van der Waals surface area contributed by atoms with Crippen LogP contribution >= 0.6 is 0 Å². The van der Waals surface area contributed by atoms with Gasteiger partial charge in [-0.3, -0.25) is 4.79 Å². The molecule has 1 fully saturated rings. The normalized spacial score (nSPS) is 16.1. The standard InChI is InChI=1S/C16H25N3O/c1-19(2)15(14-6-4-3-5-7-14)11-18-16(20)12-17-10-13-8-9-13/h3-7,13,15,17H,8-12H2,1-2H3,(H,18,20). The SMILES string of the molecule is CN(C)C(CNC(=O)CNCC1CC1)c1ccccc1. The number of nitrogens with one attached hydrogen (secondary N) is 2. The van der Waals surface area contributed by atoms with Gasteiger partial charge in [0.15, 0.2) is 0 Å². The summed E-state index contributed by atoms with van der Waals surface area (Å²) in [4.78, 5) is 13.9. The van der Waals surface area contributed by atoms with Crippen molar-refractivity contribution >= 4 is 5.91 Å². The van der Waals surface area contributed by atoms with Crippen LogP contribution in [0, 0.1) is 5.92 Å². The summed E-state index contributed by atoms with van der Waals surface area (Å²) in [5, 5.41) is 6.23. The maximum atomic E-state index is 11.8. The van der Waals surface area contributed by atoms with E-state index in [4.69, 9.17) is 0 Å². The molecule has 4 heteroatoms. The van der Waals surface area contributed by atoms with Crippen LogP contribution in [0.2, 0.25) is 0 Å². The Morgan fingerprint density at radius 2 is 2.00 bits per heavy atom. The van der Waals surface area contributed by atoms with Crippen LogP contribution in [0.25, 0.3) is 0 Å². The molecule has 4 nitrogen and oxygen atoms in total. The van der Waals surface area contributed by atoms with Crippen molar-refractivity contribution in [1.82, 2.24) is 15.5 Å². The van der Waals surface area contributed by atoms with E-state index in [9.17, 15) is 4.79 Å². The van der Waals surface area contributed by atoms with Crippen LogP contribution in [0.3, 0.4) is 0 Å². The Morgan fingerprint density at radius 3 is 2.60 bits per heavy atom. The number of benzene rings is 1. The van der Waals surface area contributed by atoms with Crippen molar-refractivity contribution < 1.29 is 4.79 Å². The molecule has 1 atom stereocenters. The summed E-state index contributed by atoms with van der Waals surface area (Å²) in [6.07, 6.45) is 2.62. The lowest BCUT2D eigenvalue weighted by Gasteiger charge is -2.25. The first-order valence-electron chi connectivity index (χ1n) is 7.35. The van der Waals surface area contributed by atoms with Crippen LogP contribution in [-0.4, -0.2) is 44.5 Å². The molecule has 0 radical (unpaired) electrons. The average Bonchev–Trinajstić information content (AvgIpc) is 3.24. The van der Waals surface area contributed by atoms with Gasteiger partial charge in [-0.1, -0.05) is 30.3 Å². The zero-order valence-electron chi connectivity index (χ0n) is 12.4. The molecule has 1 aromatic rings. The second-order valence-corrected chi connectivity index (χ2v) is 5.77. The highest BCUT2D eigenvalue weighted by Crippen LogP contribution is 2.27. The zero-order valence-corrected chi connectivity index (χ0v) is 12.4. The Labute approximate surface area is 121 Å². The molecule has 1 amide bonds. The van der Waals surface area contributed by atoms with E-state index in [2.05, 4.69) is 27.7 Å². The summed E-state index contributed by atoms with van der Waals surface area (Å²) in [7, 11) is 4.07. The quantitative estimate of drug-likeness (QED) is 0.754. The molecule has 1 unspecified atom stereocenters. The third-order valence-corrected chi connectivity index (χ3v) is 3.72. The van der Waals surface area contributed by atoms with Crippen molar-refractivity contribution in [3.63, 3.8) is 0 Å². The second kappa shape index (κ2) is 7.41. The Kier molecular flexibility index (Phi) is 5.56. The Balaban J connectivity index is 1.75. The molecular formula is C16H25N3O. The average molecular weight is 275 g/mol. The molecule has 2 rings (SSSR count). The number of likely N-dealkylation sites (N-methyl/N-ethyl adjacent to an activating group) is 1. The maximum Gasteiger partial charge on any atom is 0.234 e. The molecule has 1 aliphatic rings. The lowest BCUT2D eigenvalue weighted by atomic mass is 10.1. The van der Waals surface area contributed by atoms with Gasteiger partial charge in [-0.15, -0.1) is 0 Å². The molecule has 0 bridgehead atoms. The van der Waals surface area contributed by atoms with Gasteiger partial charge >= 0.3 is 0 Å². The molecule has 1 aliphatic carbocycles. The summed E-state index contributed by atoms with van der Waals surface area (Å²) in [5.74, 6) is 0.884. The summed E-state index contributed by atoms with van der Waals surface area (Å²) in [6.45, 7) is 2.04. The molecule has 110 valence electrons. The third-order valence-electron chi connectivity index (χ3n) is 3.72. The van der Waals surface area contributed by atoms with E-state index in [1.165, 1.54) is 18.4 Å². The minimum atomic E-state index is 0.0773. The monoisotopic (exact) mass is 275 g/mol. The first kappa shape index (κ1) is 15.0. The lowest BCUT2D eigenvalue weighted by molar-refractivity contribution is -0.120. The van der Waals surface area contributed by atoms with Gasteiger partial charge in [0.1, 0.15) is 0 Å². The van der Waals surface area contributed by atoms with Crippen molar-refractivity contribution in [3.8, 4) is 0 Å². The van der Waals surface area contributed by atoms with E-state index in [-0.39, 0.29) is 11.9 Å². The number of amides is 1. The van der Waals surface area contributed by atoms with Crippen LogP contribution in [0.15, 0.2) is 30.3 Å². The highest BCUT2D eigenvalue weighted by molar-refractivity contribution is 5.78. The number of hydrogen-bond donors (Lipinski definition) is 2. The summed E-state index contributed by atoms with van der Waals surface area (Å²) in [5.41, 5.74) is 1.23. The van der Waals surface area contributed by atoms with Gasteiger partial charge in [0.2, 0.25) is 5.91 Å². The number of carbonyl (C=O) groups is 1. The smallest absolute Gasteiger partial charge is 0.234 e. The van der Waals surface area contributed by atoms with Crippen LogP contribution in [0.5, 0.6) is 0 Å². The van der Waals surface area contributed by atoms with Crippen LogP contribution in [0.4, 0.5) is 0 Å². The molecule has 0 aliphatic heterocycles. The first-order chi connectivity index (χ1) is 9.66.